The van der Waals surface area contributed by atoms with Gasteiger partial charge in [-0.15, -0.1) is 0 Å². The fourth-order valence-electron chi connectivity index (χ4n) is 1.44. The van der Waals surface area contributed by atoms with Gasteiger partial charge in [0.15, 0.2) is 34.4 Å². The Morgan fingerprint density at radius 3 is 1.04 bits per heavy atom. The van der Waals surface area contributed by atoms with Crippen LogP contribution in [0.5, 0.6) is 0 Å². The first-order valence-electron chi connectivity index (χ1n) is 6.46. The highest BCUT2D eigenvalue weighted by atomic mass is 79.9. The minimum Gasteiger partial charge on any atom is -0.476 e. The molecule has 0 saturated heterocycles. The number of hydrogen-bond acceptors (Lipinski definition) is 10. The van der Waals surface area contributed by atoms with E-state index in [1.807, 2.05) is 0 Å². The van der Waals surface area contributed by atoms with E-state index in [0.717, 1.165) is 0 Å². The molecule has 2 aromatic rings. The van der Waals surface area contributed by atoms with Gasteiger partial charge in [0.1, 0.15) is 9.21 Å². The van der Waals surface area contributed by atoms with Gasteiger partial charge >= 0.3 is 23.9 Å². The van der Waals surface area contributed by atoms with Crippen LogP contribution in [0.1, 0.15) is 42.0 Å². The summed E-state index contributed by atoms with van der Waals surface area (Å²) in [5.41, 5.74) is 8.50. The summed E-state index contributed by atoms with van der Waals surface area (Å²) in [6.45, 7) is 0. The largest absolute Gasteiger partial charge is 0.476 e. The molecule has 2 aromatic heterocycles. The lowest BCUT2D eigenvalue weighted by Gasteiger charge is -2.02. The van der Waals surface area contributed by atoms with Crippen molar-refractivity contribution in [2.75, 3.05) is 11.5 Å². The van der Waals surface area contributed by atoms with Gasteiger partial charge in [0, 0.05) is 0 Å². The third kappa shape index (κ3) is 5.30. The van der Waals surface area contributed by atoms with E-state index >= 15 is 0 Å². The van der Waals surface area contributed by atoms with Gasteiger partial charge < -0.3 is 31.9 Å². The van der Waals surface area contributed by atoms with E-state index < -0.39 is 46.9 Å². The van der Waals surface area contributed by atoms with Crippen LogP contribution in [-0.2, 0) is 0 Å². The second kappa shape index (κ2) is 9.00. The molecule has 0 atom stereocenters. The van der Waals surface area contributed by atoms with E-state index in [0.29, 0.717) is 0 Å². The van der Waals surface area contributed by atoms with Crippen molar-refractivity contribution in [1.82, 2.24) is 19.9 Å². The molecule has 2 rings (SSSR count). The molecular weight excluding hydrogens is 516 g/mol. The predicted molar refractivity (Wildman–Crippen MR) is 96.1 cm³/mol. The van der Waals surface area contributed by atoms with Gasteiger partial charge in [0.2, 0.25) is 0 Å². The van der Waals surface area contributed by atoms with Crippen molar-refractivity contribution in [2.24, 2.45) is 0 Å². The summed E-state index contributed by atoms with van der Waals surface area (Å²) in [6.07, 6.45) is 0. The molecule has 14 nitrogen and oxygen atoms in total. The van der Waals surface area contributed by atoms with E-state index in [2.05, 4.69) is 51.8 Å². The number of nitrogens with zero attached hydrogens (tertiary/aromatic N) is 4. The van der Waals surface area contributed by atoms with Crippen molar-refractivity contribution < 1.29 is 39.6 Å². The molecule has 0 fully saturated rings. The standard InChI is InChI=1S/C6H2Br2N2O4.C6H6N4O4/c2*7-3-1(5(11)12)9-4(8)2(10-3)6(13)14/h(H,11,12)(H,13,14);(H2,8,9)(H2,7,10)(H,11,12)(H,13,14). The summed E-state index contributed by atoms with van der Waals surface area (Å²) in [5, 5.41) is 34.3. The van der Waals surface area contributed by atoms with Crippen LogP contribution in [0.3, 0.4) is 0 Å². The first-order valence-corrected chi connectivity index (χ1v) is 8.04. The molecule has 0 amide bonds. The van der Waals surface area contributed by atoms with Crippen LogP contribution in [0.4, 0.5) is 11.6 Å². The summed E-state index contributed by atoms with van der Waals surface area (Å²) in [7, 11) is 0. The normalized spacial score (nSPS) is 9.79. The van der Waals surface area contributed by atoms with Crippen LogP contribution in [0.15, 0.2) is 9.21 Å². The summed E-state index contributed by atoms with van der Waals surface area (Å²) >= 11 is 5.62. The number of aromatic carboxylic acids is 4. The Hall–Kier alpha value is -3.40. The maximum atomic E-state index is 10.6. The van der Waals surface area contributed by atoms with Gasteiger partial charge in [-0.2, -0.15) is 0 Å². The Kier molecular flexibility index (Phi) is 7.28. The molecule has 148 valence electrons. The average molecular weight is 524 g/mol. The lowest BCUT2D eigenvalue weighted by molar-refractivity contribution is 0.0668. The van der Waals surface area contributed by atoms with E-state index in [1.165, 1.54) is 0 Å². The van der Waals surface area contributed by atoms with Crippen molar-refractivity contribution in [3.63, 3.8) is 0 Å². The number of nitrogen functional groups attached to an aromatic ring is 2. The average Bonchev–Trinajstić information content (AvgIpc) is 2.57. The predicted octanol–water partition coefficient (Wildman–Crippen LogP) is 0.435. The van der Waals surface area contributed by atoms with Crippen molar-refractivity contribution >= 4 is 67.4 Å². The summed E-state index contributed by atoms with van der Waals surface area (Å²) in [4.78, 5) is 55.7. The first-order chi connectivity index (χ1) is 12.9. The Balaban J connectivity index is 0.000000280. The van der Waals surface area contributed by atoms with Gasteiger partial charge in [-0.05, 0) is 31.9 Å². The van der Waals surface area contributed by atoms with Crippen molar-refractivity contribution in [1.29, 1.82) is 0 Å². The van der Waals surface area contributed by atoms with Crippen LogP contribution in [0.2, 0.25) is 0 Å². The zero-order chi connectivity index (χ0) is 21.8. The third-order valence-electron chi connectivity index (χ3n) is 2.57. The highest BCUT2D eigenvalue weighted by Gasteiger charge is 2.20. The Labute approximate surface area is 170 Å². The van der Waals surface area contributed by atoms with Gasteiger partial charge in [-0.3, -0.25) is 0 Å². The van der Waals surface area contributed by atoms with E-state index in [9.17, 15) is 19.2 Å². The van der Waals surface area contributed by atoms with Gasteiger partial charge in [0.25, 0.3) is 0 Å². The molecule has 0 aliphatic heterocycles. The molecule has 0 unspecified atom stereocenters. The summed E-state index contributed by atoms with van der Waals surface area (Å²) in [6, 6.07) is 0. The van der Waals surface area contributed by atoms with E-state index in [1.54, 1.807) is 0 Å². The molecule has 8 N–H and O–H groups in total. The molecule has 2 heterocycles. The zero-order valence-corrected chi connectivity index (χ0v) is 16.3. The first kappa shape index (κ1) is 22.6. The van der Waals surface area contributed by atoms with Gasteiger partial charge in [-0.1, -0.05) is 0 Å². The lowest BCUT2D eigenvalue weighted by Crippen LogP contribution is -2.15. The molecule has 0 saturated carbocycles. The van der Waals surface area contributed by atoms with Crippen LogP contribution in [0, 0.1) is 0 Å². The molecule has 0 aliphatic rings. The van der Waals surface area contributed by atoms with Crippen molar-refractivity contribution in [2.45, 2.75) is 0 Å². The number of carbonyl (C=O) groups is 4. The number of rotatable bonds is 4. The van der Waals surface area contributed by atoms with Gasteiger partial charge in [-0.25, -0.2) is 39.1 Å². The number of carboxylic acids is 4. The number of carboxylic acid groups (broad SMARTS) is 4. The second-order valence-electron chi connectivity index (χ2n) is 4.41. The second-order valence-corrected chi connectivity index (χ2v) is 5.92. The van der Waals surface area contributed by atoms with Crippen molar-refractivity contribution in [3.05, 3.63) is 32.0 Å². The maximum Gasteiger partial charge on any atom is 0.358 e. The molecular formula is C12H8Br2N6O8. The monoisotopic (exact) mass is 522 g/mol. The fourth-order valence-corrected chi connectivity index (χ4v) is 2.31. The molecule has 0 spiro atoms. The summed E-state index contributed by atoms with van der Waals surface area (Å²) in [5.74, 6) is -6.38. The van der Waals surface area contributed by atoms with Crippen molar-refractivity contribution in [3.8, 4) is 0 Å². The number of anilines is 2. The van der Waals surface area contributed by atoms with Crippen LogP contribution in [-0.4, -0.2) is 64.2 Å². The number of aromatic nitrogens is 4. The molecule has 16 heteroatoms. The van der Waals surface area contributed by atoms with E-state index in [-0.39, 0.29) is 20.6 Å². The lowest BCUT2D eigenvalue weighted by atomic mass is 10.3. The minimum absolute atomic E-state index is 0.120. The minimum atomic E-state index is -1.42. The number of hydrogen-bond donors (Lipinski definition) is 6. The third-order valence-corrected chi connectivity index (χ3v) is 3.68. The molecule has 0 bridgehead atoms. The Bertz CT molecular complexity index is 840. The molecule has 0 aliphatic carbocycles. The highest BCUT2D eigenvalue weighted by molar-refractivity contribution is 9.11. The maximum absolute atomic E-state index is 10.6. The smallest absolute Gasteiger partial charge is 0.358 e. The van der Waals surface area contributed by atoms with Crippen LogP contribution < -0.4 is 11.5 Å². The molecule has 28 heavy (non-hydrogen) atoms. The molecule has 0 aromatic carbocycles. The van der Waals surface area contributed by atoms with Crippen LogP contribution >= 0.6 is 31.9 Å². The van der Waals surface area contributed by atoms with E-state index in [4.69, 9.17) is 31.9 Å². The fraction of sp³-hybridized carbons (Fsp3) is 0. The highest BCUT2D eigenvalue weighted by Crippen LogP contribution is 2.19. The molecule has 0 radical (unpaired) electrons. The Morgan fingerprint density at radius 2 is 0.821 bits per heavy atom. The summed E-state index contributed by atoms with van der Waals surface area (Å²) < 4.78 is -0.240. The number of halogens is 2. The zero-order valence-electron chi connectivity index (χ0n) is 13.1. The van der Waals surface area contributed by atoms with Gasteiger partial charge in [0.05, 0.1) is 0 Å². The quantitative estimate of drug-likeness (QED) is 0.317. The Morgan fingerprint density at radius 1 is 0.571 bits per heavy atom. The topological polar surface area (TPSA) is 253 Å². The van der Waals surface area contributed by atoms with Crippen LogP contribution in [0.25, 0.3) is 0 Å². The number of nitrogens with two attached hydrogens (primary N) is 2. The SMILES string of the molecule is Nc1nc(C(=O)O)c(N)nc1C(=O)O.O=C(O)c1nc(Br)c(C(=O)O)nc1Br.